The molecule has 2 aromatic carbocycles. The molecule has 0 fully saturated rings. The Morgan fingerprint density at radius 2 is 1.81 bits per heavy atom. The van der Waals surface area contributed by atoms with Crippen LogP contribution in [0, 0.1) is 0 Å². The zero-order valence-electron chi connectivity index (χ0n) is 12.4. The van der Waals surface area contributed by atoms with Gasteiger partial charge < -0.3 is 15.4 Å². The number of anilines is 2. The van der Waals surface area contributed by atoms with Crippen LogP contribution >= 0.6 is 0 Å². The van der Waals surface area contributed by atoms with Crippen molar-refractivity contribution in [1.82, 2.24) is 9.55 Å². The summed E-state index contributed by atoms with van der Waals surface area (Å²) < 4.78 is 7.27. The Bertz CT molecular complexity index is 775. The van der Waals surface area contributed by atoms with Crippen molar-refractivity contribution in [2.24, 2.45) is 0 Å². The lowest BCUT2D eigenvalue weighted by atomic mass is 10.2. The number of fused-ring (bicyclic) bond motifs is 1. The molecule has 0 spiro atoms. The minimum absolute atomic E-state index is 0.451. The second kappa shape index (κ2) is 5.01. The summed E-state index contributed by atoms with van der Waals surface area (Å²) >= 11 is 0. The number of nitrogen functional groups attached to an aromatic ring is 1. The van der Waals surface area contributed by atoms with Gasteiger partial charge in [0.15, 0.2) is 0 Å². The molecule has 1 heterocycles. The van der Waals surface area contributed by atoms with E-state index in [0.29, 0.717) is 5.95 Å². The lowest BCUT2D eigenvalue weighted by Crippen LogP contribution is -2.08. The van der Waals surface area contributed by atoms with Gasteiger partial charge in [0.1, 0.15) is 11.3 Å². The van der Waals surface area contributed by atoms with Crippen molar-refractivity contribution in [3.8, 4) is 11.4 Å². The van der Waals surface area contributed by atoms with Crippen molar-refractivity contribution in [3.05, 3.63) is 42.5 Å². The minimum atomic E-state index is 0.451. The summed E-state index contributed by atoms with van der Waals surface area (Å²) in [6.07, 6.45) is 0. The summed E-state index contributed by atoms with van der Waals surface area (Å²) in [7, 11) is 5.66. The number of ether oxygens (including phenoxy) is 1. The number of nitrogens with two attached hydrogens (primary N) is 1. The van der Waals surface area contributed by atoms with Gasteiger partial charge in [0.25, 0.3) is 0 Å². The highest BCUT2D eigenvalue weighted by atomic mass is 16.5. The molecule has 0 bridgehead atoms. The van der Waals surface area contributed by atoms with Crippen LogP contribution in [0.15, 0.2) is 42.5 Å². The first-order valence-corrected chi connectivity index (χ1v) is 6.70. The maximum absolute atomic E-state index is 6.09. The zero-order chi connectivity index (χ0) is 15.0. The monoisotopic (exact) mass is 282 g/mol. The summed E-state index contributed by atoms with van der Waals surface area (Å²) in [5.74, 6) is 1.18. The SMILES string of the molecule is COc1cccc2c1nc(N)n2-c1ccc(N(C)C)cc1. The lowest BCUT2D eigenvalue weighted by molar-refractivity contribution is 0.419. The standard InChI is InChI=1S/C16H18N4O/c1-19(2)11-7-9-12(10-8-11)20-13-5-4-6-14(21-3)15(13)18-16(20)17/h4-10H,1-3H3,(H2,17,18). The van der Waals surface area contributed by atoms with Crippen LogP contribution in [-0.4, -0.2) is 30.8 Å². The van der Waals surface area contributed by atoms with Crippen molar-refractivity contribution in [3.63, 3.8) is 0 Å². The third-order valence-electron chi connectivity index (χ3n) is 3.52. The second-order valence-corrected chi connectivity index (χ2v) is 5.04. The first-order valence-electron chi connectivity index (χ1n) is 6.70. The van der Waals surface area contributed by atoms with Gasteiger partial charge in [-0.15, -0.1) is 0 Å². The van der Waals surface area contributed by atoms with E-state index >= 15 is 0 Å². The molecule has 0 radical (unpaired) electrons. The molecule has 0 aliphatic heterocycles. The molecule has 21 heavy (non-hydrogen) atoms. The van der Waals surface area contributed by atoms with Gasteiger partial charge in [-0.2, -0.15) is 0 Å². The van der Waals surface area contributed by atoms with E-state index in [1.165, 1.54) is 0 Å². The van der Waals surface area contributed by atoms with E-state index in [9.17, 15) is 0 Å². The van der Waals surface area contributed by atoms with Crippen molar-refractivity contribution >= 4 is 22.7 Å². The average Bonchev–Trinajstić information content (AvgIpc) is 2.83. The van der Waals surface area contributed by atoms with Crippen molar-refractivity contribution in [2.75, 3.05) is 31.8 Å². The maximum Gasteiger partial charge on any atom is 0.206 e. The number of rotatable bonds is 3. The first-order chi connectivity index (χ1) is 10.1. The topological polar surface area (TPSA) is 56.3 Å². The second-order valence-electron chi connectivity index (χ2n) is 5.04. The van der Waals surface area contributed by atoms with Crippen LogP contribution in [0.2, 0.25) is 0 Å². The van der Waals surface area contributed by atoms with Crippen LogP contribution in [-0.2, 0) is 0 Å². The molecule has 0 unspecified atom stereocenters. The molecule has 1 aromatic heterocycles. The number of para-hydroxylation sites is 1. The van der Waals surface area contributed by atoms with Gasteiger partial charge >= 0.3 is 0 Å². The van der Waals surface area contributed by atoms with E-state index in [1.54, 1.807) is 7.11 Å². The van der Waals surface area contributed by atoms with Crippen molar-refractivity contribution in [2.45, 2.75) is 0 Å². The fourth-order valence-electron chi connectivity index (χ4n) is 2.43. The molecule has 5 nitrogen and oxygen atoms in total. The van der Waals surface area contributed by atoms with Crippen LogP contribution in [0.25, 0.3) is 16.7 Å². The number of benzene rings is 2. The normalized spacial score (nSPS) is 10.8. The van der Waals surface area contributed by atoms with Crippen LogP contribution in [0.4, 0.5) is 11.6 Å². The first kappa shape index (κ1) is 13.3. The maximum atomic E-state index is 6.09. The Labute approximate surface area is 123 Å². The van der Waals surface area contributed by atoms with E-state index in [-0.39, 0.29) is 0 Å². The number of hydrogen-bond acceptors (Lipinski definition) is 4. The number of imidazole rings is 1. The van der Waals surface area contributed by atoms with Crippen LogP contribution in [0.5, 0.6) is 5.75 Å². The number of nitrogens with zero attached hydrogens (tertiary/aromatic N) is 3. The van der Waals surface area contributed by atoms with Gasteiger partial charge in [-0.3, -0.25) is 4.57 Å². The minimum Gasteiger partial charge on any atom is -0.494 e. The molecule has 3 rings (SSSR count). The zero-order valence-corrected chi connectivity index (χ0v) is 12.4. The third-order valence-corrected chi connectivity index (χ3v) is 3.52. The Morgan fingerprint density at radius 3 is 2.43 bits per heavy atom. The van der Waals surface area contributed by atoms with Gasteiger partial charge in [-0.25, -0.2) is 4.98 Å². The van der Waals surface area contributed by atoms with Crippen LogP contribution in [0.3, 0.4) is 0 Å². The predicted octanol–water partition coefficient (Wildman–Crippen LogP) is 2.68. The van der Waals surface area contributed by atoms with Crippen LogP contribution in [0.1, 0.15) is 0 Å². The van der Waals surface area contributed by atoms with E-state index in [2.05, 4.69) is 22.0 Å². The largest absolute Gasteiger partial charge is 0.494 e. The van der Waals surface area contributed by atoms with Gasteiger partial charge in [0.2, 0.25) is 5.95 Å². The fraction of sp³-hybridized carbons (Fsp3) is 0.188. The lowest BCUT2D eigenvalue weighted by Gasteiger charge is -2.13. The molecule has 0 aliphatic carbocycles. The highest BCUT2D eigenvalue weighted by Gasteiger charge is 2.13. The van der Waals surface area contributed by atoms with E-state index in [4.69, 9.17) is 10.5 Å². The third kappa shape index (κ3) is 2.16. The smallest absolute Gasteiger partial charge is 0.206 e. The van der Waals surface area contributed by atoms with Gasteiger partial charge in [-0.05, 0) is 36.4 Å². The van der Waals surface area contributed by atoms with Crippen LogP contribution < -0.4 is 15.4 Å². The molecule has 5 heteroatoms. The Hall–Kier alpha value is -2.69. The van der Waals surface area contributed by atoms with Crippen molar-refractivity contribution < 1.29 is 4.74 Å². The summed E-state index contributed by atoms with van der Waals surface area (Å²) in [4.78, 5) is 6.48. The number of methoxy groups -OCH3 is 1. The molecule has 2 N–H and O–H groups in total. The van der Waals surface area contributed by atoms with Gasteiger partial charge in [0, 0.05) is 25.5 Å². The highest BCUT2D eigenvalue weighted by molar-refractivity contribution is 5.86. The summed E-state index contributed by atoms with van der Waals surface area (Å²) in [5.41, 5.74) is 9.92. The molecule has 0 saturated carbocycles. The summed E-state index contributed by atoms with van der Waals surface area (Å²) in [6.45, 7) is 0. The summed E-state index contributed by atoms with van der Waals surface area (Å²) in [5, 5.41) is 0. The highest BCUT2D eigenvalue weighted by Crippen LogP contribution is 2.29. The molecule has 0 aliphatic rings. The molecular formula is C16H18N4O. The molecule has 0 amide bonds. The van der Waals surface area contributed by atoms with Gasteiger partial charge in [0.05, 0.1) is 12.6 Å². The van der Waals surface area contributed by atoms with Crippen molar-refractivity contribution in [1.29, 1.82) is 0 Å². The Balaban J connectivity index is 2.18. The van der Waals surface area contributed by atoms with E-state index < -0.39 is 0 Å². The van der Waals surface area contributed by atoms with E-state index in [1.807, 2.05) is 49.0 Å². The predicted molar refractivity (Wildman–Crippen MR) is 86.4 cm³/mol. The van der Waals surface area contributed by atoms with E-state index in [0.717, 1.165) is 28.2 Å². The molecule has 108 valence electrons. The van der Waals surface area contributed by atoms with Gasteiger partial charge in [-0.1, -0.05) is 6.07 Å². The fourth-order valence-corrected chi connectivity index (χ4v) is 2.43. The summed E-state index contributed by atoms with van der Waals surface area (Å²) in [6, 6.07) is 14.0. The molecule has 0 saturated heterocycles. The Kier molecular flexibility index (Phi) is 3.17. The Morgan fingerprint density at radius 1 is 1.10 bits per heavy atom. The molecule has 3 aromatic rings. The number of aromatic nitrogens is 2. The molecule has 0 atom stereocenters. The number of hydrogen-bond donors (Lipinski definition) is 1. The molecular weight excluding hydrogens is 264 g/mol. The quantitative estimate of drug-likeness (QED) is 0.802. The average molecular weight is 282 g/mol.